The smallest absolute Gasteiger partial charge is 0.255 e. The third kappa shape index (κ3) is 4.80. The first kappa shape index (κ1) is 21.6. The van der Waals surface area contributed by atoms with Gasteiger partial charge in [-0.2, -0.15) is 0 Å². The van der Waals surface area contributed by atoms with E-state index in [4.69, 9.17) is 0 Å². The third-order valence-corrected chi connectivity index (χ3v) is 5.82. The lowest BCUT2D eigenvalue weighted by molar-refractivity contribution is 0.0718. The number of rotatable bonds is 4. The zero-order valence-electron chi connectivity index (χ0n) is 18.6. The molecule has 1 aliphatic rings. The Balaban J connectivity index is 1.40. The van der Waals surface area contributed by atoms with Crippen LogP contribution in [-0.4, -0.2) is 59.8 Å². The lowest BCUT2D eigenvalue weighted by atomic mass is 10.1. The van der Waals surface area contributed by atoms with Crippen LogP contribution in [0, 0.1) is 6.92 Å². The number of nitrogens with zero attached hydrogens (tertiary/aromatic N) is 4. The number of carbonyl (C=O) groups excluding carboxylic acids is 2. The van der Waals surface area contributed by atoms with Crippen molar-refractivity contribution in [2.75, 3.05) is 38.1 Å². The molecule has 6 nitrogen and oxygen atoms in total. The molecule has 1 fully saturated rings. The zero-order valence-corrected chi connectivity index (χ0v) is 18.6. The molecule has 1 aliphatic heterocycles. The van der Waals surface area contributed by atoms with Gasteiger partial charge in [0.2, 0.25) is 0 Å². The Bertz CT molecular complexity index is 1080. The maximum absolute atomic E-state index is 13.1. The first-order valence-electron chi connectivity index (χ1n) is 10.9. The summed E-state index contributed by atoms with van der Waals surface area (Å²) >= 11 is 0. The van der Waals surface area contributed by atoms with Crippen molar-refractivity contribution in [2.45, 2.75) is 13.3 Å². The van der Waals surface area contributed by atoms with Crippen molar-refractivity contribution in [1.29, 1.82) is 0 Å². The Morgan fingerprint density at radius 2 is 1.50 bits per heavy atom. The van der Waals surface area contributed by atoms with Gasteiger partial charge in [-0.25, -0.2) is 4.98 Å². The Morgan fingerprint density at radius 1 is 0.812 bits per heavy atom. The van der Waals surface area contributed by atoms with Gasteiger partial charge in [0, 0.05) is 50.7 Å². The Hall–Kier alpha value is -3.67. The van der Waals surface area contributed by atoms with Crippen LogP contribution >= 0.6 is 0 Å². The summed E-state index contributed by atoms with van der Waals surface area (Å²) in [5, 5.41) is 0. The largest absolute Gasteiger partial charge is 0.337 e. The molecular formula is C26H28N4O2. The fourth-order valence-corrected chi connectivity index (χ4v) is 3.96. The lowest BCUT2D eigenvalue weighted by Gasteiger charge is -2.23. The Kier molecular flexibility index (Phi) is 6.50. The van der Waals surface area contributed by atoms with Gasteiger partial charge < -0.3 is 14.7 Å². The summed E-state index contributed by atoms with van der Waals surface area (Å²) in [6.07, 6.45) is 2.39. The number of aromatic nitrogens is 1. The SMILES string of the molecule is Cc1cccc(C(=O)N2CCCN(C(=O)c3ccc(N(C)c4ccccc4)nc3)CC2)c1. The topological polar surface area (TPSA) is 56.8 Å². The second kappa shape index (κ2) is 9.64. The van der Waals surface area contributed by atoms with E-state index in [-0.39, 0.29) is 11.8 Å². The van der Waals surface area contributed by atoms with E-state index in [2.05, 4.69) is 4.98 Å². The molecule has 2 amide bonds. The highest BCUT2D eigenvalue weighted by atomic mass is 16.2. The summed E-state index contributed by atoms with van der Waals surface area (Å²) in [5.41, 5.74) is 3.36. The van der Waals surface area contributed by atoms with Crippen LogP contribution in [-0.2, 0) is 0 Å². The minimum absolute atomic E-state index is 0.0259. The fourth-order valence-electron chi connectivity index (χ4n) is 3.96. The molecule has 2 heterocycles. The molecule has 0 spiro atoms. The molecule has 164 valence electrons. The van der Waals surface area contributed by atoms with Gasteiger partial charge in [0.1, 0.15) is 5.82 Å². The normalized spacial score (nSPS) is 14.1. The monoisotopic (exact) mass is 428 g/mol. The second-order valence-corrected chi connectivity index (χ2v) is 8.11. The number of benzene rings is 2. The average molecular weight is 429 g/mol. The molecule has 1 saturated heterocycles. The molecule has 0 unspecified atom stereocenters. The number of carbonyl (C=O) groups is 2. The van der Waals surface area contributed by atoms with Gasteiger partial charge in [0.05, 0.1) is 5.56 Å². The standard InChI is InChI=1S/C26H28N4O2/c1-20-8-6-9-21(18-20)25(31)29-14-7-15-30(17-16-29)26(32)22-12-13-24(27-19-22)28(2)23-10-4-3-5-11-23/h3-6,8-13,18-19H,7,14-17H2,1-2H3. The molecule has 3 aromatic rings. The van der Waals surface area contributed by atoms with Gasteiger partial charge in [-0.05, 0) is 49.7 Å². The number of hydrogen-bond acceptors (Lipinski definition) is 4. The van der Waals surface area contributed by atoms with Gasteiger partial charge in [0.25, 0.3) is 11.8 Å². The van der Waals surface area contributed by atoms with E-state index < -0.39 is 0 Å². The van der Waals surface area contributed by atoms with Crippen LogP contribution in [0.4, 0.5) is 11.5 Å². The lowest BCUT2D eigenvalue weighted by Crippen LogP contribution is -2.37. The number of anilines is 2. The summed E-state index contributed by atoms with van der Waals surface area (Å²) < 4.78 is 0. The molecule has 0 atom stereocenters. The van der Waals surface area contributed by atoms with Crippen LogP contribution < -0.4 is 4.90 Å². The number of amides is 2. The summed E-state index contributed by atoms with van der Waals surface area (Å²) in [4.78, 5) is 36.1. The molecule has 1 aromatic heterocycles. The van der Waals surface area contributed by atoms with Crippen LogP contribution in [0.3, 0.4) is 0 Å². The van der Waals surface area contributed by atoms with E-state index in [1.807, 2.05) is 95.4 Å². The van der Waals surface area contributed by atoms with Crippen molar-refractivity contribution < 1.29 is 9.59 Å². The van der Waals surface area contributed by atoms with Crippen molar-refractivity contribution in [3.8, 4) is 0 Å². The molecule has 0 aliphatic carbocycles. The zero-order chi connectivity index (χ0) is 22.5. The van der Waals surface area contributed by atoms with E-state index in [1.165, 1.54) is 0 Å². The first-order chi connectivity index (χ1) is 15.5. The number of para-hydroxylation sites is 1. The minimum atomic E-state index is -0.0451. The summed E-state index contributed by atoms with van der Waals surface area (Å²) in [7, 11) is 1.95. The van der Waals surface area contributed by atoms with Crippen LogP contribution in [0.5, 0.6) is 0 Å². The quantitative estimate of drug-likeness (QED) is 0.627. The molecule has 0 bridgehead atoms. The van der Waals surface area contributed by atoms with Crippen molar-refractivity contribution >= 4 is 23.3 Å². The first-order valence-corrected chi connectivity index (χ1v) is 10.9. The number of aryl methyl sites for hydroxylation is 1. The summed E-state index contributed by atoms with van der Waals surface area (Å²) in [6.45, 7) is 4.30. The van der Waals surface area contributed by atoms with Gasteiger partial charge in [-0.1, -0.05) is 35.9 Å². The van der Waals surface area contributed by atoms with Crippen LogP contribution in [0.25, 0.3) is 0 Å². The molecule has 0 radical (unpaired) electrons. The Labute approximate surface area is 189 Å². The van der Waals surface area contributed by atoms with E-state index in [9.17, 15) is 9.59 Å². The average Bonchev–Trinajstić information content (AvgIpc) is 3.10. The van der Waals surface area contributed by atoms with E-state index in [0.29, 0.717) is 37.3 Å². The van der Waals surface area contributed by atoms with Crippen molar-refractivity contribution in [1.82, 2.24) is 14.8 Å². The van der Waals surface area contributed by atoms with Gasteiger partial charge in [-0.3, -0.25) is 9.59 Å². The van der Waals surface area contributed by atoms with Crippen LogP contribution in [0.2, 0.25) is 0 Å². The molecule has 2 aromatic carbocycles. The number of pyridine rings is 1. The number of hydrogen-bond donors (Lipinski definition) is 0. The molecule has 32 heavy (non-hydrogen) atoms. The van der Waals surface area contributed by atoms with Gasteiger partial charge in [0.15, 0.2) is 0 Å². The van der Waals surface area contributed by atoms with Crippen LogP contribution in [0.15, 0.2) is 72.9 Å². The highest BCUT2D eigenvalue weighted by Gasteiger charge is 2.24. The third-order valence-electron chi connectivity index (χ3n) is 5.82. The summed E-state index contributed by atoms with van der Waals surface area (Å²) in [5.74, 6) is 0.757. The van der Waals surface area contributed by atoms with E-state index in [1.54, 1.807) is 6.20 Å². The predicted octanol–water partition coefficient (Wildman–Crippen LogP) is 4.15. The van der Waals surface area contributed by atoms with Crippen molar-refractivity contribution in [3.05, 3.63) is 89.6 Å². The van der Waals surface area contributed by atoms with Gasteiger partial charge in [-0.15, -0.1) is 0 Å². The Morgan fingerprint density at radius 3 is 2.12 bits per heavy atom. The highest BCUT2D eigenvalue weighted by molar-refractivity contribution is 5.95. The van der Waals surface area contributed by atoms with E-state index >= 15 is 0 Å². The predicted molar refractivity (Wildman–Crippen MR) is 126 cm³/mol. The highest BCUT2D eigenvalue weighted by Crippen LogP contribution is 2.21. The van der Waals surface area contributed by atoms with Gasteiger partial charge >= 0.3 is 0 Å². The summed E-state index contributed by atoms with van der Waals surface area (Å²) in [6, 6.07) is 21.3. The molecule has 0 N–H and O–H groups in total. The maximum atomic E-state index is 13.1. The molecule has 4 rings (SSSR count). The van der Waals surface area contributed by atoms with Crippen molar-refractivity contribution in [2.24, 2.45) is 0 Å². The maximum Gasteiger partial charge on any atom is 0.255 e. The second-order valence-electron chi connectivity index (χ2n) is 8.11. The van der Waals surface area contributed by atoms with E-state index in [0.717, 1.165) is 23.5 Å². The fraction of sp³-hybridized carbons (Fsp3) is 0.269. The molecule has 6 heteroatoms. The molecular weight excluding hydrogens is 400 g/mol. The molecule has 0 saturated carbocycles. The van der Waals surface area contributed by atoms with Crippen molar-refractivity contribution in [3.63, 3.8) is 0 Å². The minimum Gasteiger partial charge on any atom is -0.337 e. The van der Waals surface area contributed by atoms with Crippen LogP contribution in [0.1, 0.15) is 32.7 Å².